The number of hydrogen-bond acceptors (Lipinski definition) is 4. The Kier molecular flexibility index (Phi) is 7.01. The Morgan fingerprint density at radius 1 is 1.38 bits per heavy atom. The molecule has 0 saturated carbocycles. The fraction of sp³-hybridized carbons (Fsp3) is 0.375. The van der Waals surface area contributed by atoms with Crippen molar-refractivity contribution < 1.29 is 14.3 Å². The third kappa shape index (κ3) is 7.15. The Morgan fingerprint density at radius 3 is 2.81 bits per heavy atom. The zero-order chi connectivity index (χ0) is 15.7. The number of amides is 1. The molecule has 0 radical (unpaired) electrons. The summed E-state index contributed by atoms with van der Waals surface area (Å²) in [6.07, 6.45) is 1.57. The van der Waals surface area contributed by atoms with E-state index in [9.17, 15) is 9.59 Å². The monoisotopic (exact) mass is 290 g/mol. The lowest BCUT2D eigenvalue weighted by Gasteiger charge is -2.07. The smallest absolute Gasteiger partial charge is 0.333 e. The zero-order valence-corrected chi connectivity index (χ0v) is 12.4. The van der Waals surface area contributed by atoms with Gasteiger partial charge in [0.25, 0.3) is 0 Å². The van der Waals surface area contributed by atoms with Crippen LogP contribution < -0.4 is 11.1 Å². The average molecular weight is 290 g/mol. The number of benzene rings is 1. The summed E-state index contributed by atoms with van der Waals surface area (Å²) in [4.78, 5) is 22.7. The molecule has 1 rings (SSSR count). The summed E-state index contributed by atoms with van der Waals surface area (Å²) in [5.41, 5.74) is 7.85. The fourth-order valence-electron chi connectivity index (χ4n) is 1.70. The van der Waals surface area contributed by atoms with Crippen molar-refractivity contribution in [2.75, 3.05) is 18.9 Å². The van der Waals surface area contributed by atoms with Gasteiger partial charge in [-0.3, -0.25) is 4.79 Å². The van der Waals surface area contributed by atoms with E-state index in [1.54, 1.807) is 6.92 Å². The third-order valence-corrected chi connectivity index (χ3v) is 2.82. The summed E-state index contributed by atoms with van der Waals surface area (Å²) in [6.45, 7) is 5.86. The predicted molar refractivity (Wildman–Crippen MR) is 82.6 cm³/mol. The molecular formula is C16H22N2O3. The highest BCUT2D eigenvalue weighted by molar-refractivity contribution is 5.86. The molecule has 1 amide bonds. The van der Waals surface area contributed by atoms with Crippen LogP contribution in [0.5, 0.6) is 0 Å². The lowest BCUT2D eigenvalue weighted by Crippen LogP contribution is -2.25. The second-order valence-electron chi connectivity index (χ2n) is 4.86. The summed E-state index contributed by atoms with van der Waals surface area (Å²) in [6, 6.07) is 7.58. The molecule has 21 heavy (non-hydrogen) atoms. The van der Waals surface area contributed by atoms with Gasteiger partial charge in [0.1, 0.15) is 0 Å². The lowest BCUT2D eigenvalue weighted by molar-refractivity contribution is -0.139. The Balaban J connectivity index is 2.11. The van der Waals surface area contributed by atoms with Crippen molar-refractivity contribution in [3.05, 3.63) is 42.0 Å². The molecule has 0 aliphatic heterocycles. The van der Waals surface area contributed by atoms with Crippen molar-refractivity contribution >= 4 is 17.6 Å². The van der Waals surface area contributed by atoms with Gasteiger partial charge in [-0.1, -0.05) is 18.7 Å². The largest absolute Gasteiger partial charge is 0.462 e. The van der Waals surface area contributed by atoms with Crippen LogP contribution in [-0.4, -0.2) is 25.0 Å². The van der Waals surface area contributed by atoms with Crippen molar-refractivity contribution in [3.8, 4) is 0 Å². The Morgan fingerprint density at radius 2 is 2.14 bits per heavy atom. The van der Waals surface area contributed by atoms with Crippen LogP contribution in [0.15, 0.2) is 36.4 Å². The minimum atomic E-state index is -0.419. The lowest BCUT2D eigenvalue weighted by atomic mass is 10.1. The average Bonchev–Trinajstić information content (AvgIpc) is 2.43. The van der Waals surface area contributed by atoms with E-state index in [0.717, 1.165) is 17.7 Å². The third-order valence-electron chi connectivity index (χ3n) is 2.82. The van der Waals surface area contributed by atoms with Crippen LogP contribution >= 0.6 is 0 Å². The van der Waals surface area contributed by atoms with Gasteiger partial charge in [-0.15, -0.1) is 0 Å². The molecule has 5 nitrogen and oxygen atoms in total. The minimum absolute atomic E-state index is 0.0507. The molecule has 0 aliphatic rings. The van der Waals surface area contributed by atoms with E-state index in [-0.39, 0.29) is 12.5 Å². The summed E-state index contributed by atoms with van der Waals surface area (Å²) < 4.78 is 4.91. The van der Waals surface area contributed by atoms with Crippen LogP contribution in [0.2, 0.25) is 0 Å². The first-order valence-corrected chi connectivity index (χ1v) is 6.93. The second kappa shape index (κ2) is 8.79. The molecule has 3 N–H and O–H groups in total. The second-order valence-corrected chi connectivity index (χ2v) is 4.86. The summed E-state index contributed by atoms with van der Waals surface area (Å²) in [7, 11) is 0. The van der Waals surface area contributed by atoms with E-state index in [2.05, 4.69) is 11.9 Å². The Bertz CT molecular complexity index is 512. The number of carbonyl (C=O) groups is 2. The van der Waals surface area contributed by atoms with Gasteiger partial charge < -0.3 is 15.8 Å². The first-order valence-electron chi connectivity index (χ1n) is 6.93. The van der Waals surface area contributed by atoms with Crippen molar-refractivity contribution in [1.82, 2.24) is 5.32 Å². The van der Waals surface area contributed by atoms with Crippen LogP contribution in [0.25, 0.3) is 0 Å². The van der Waals surface area contributed by atoms with Gasteiger partial charge in [-0.05, 0) is 37.5 Å². The molecule has 0 aliphatic carbocycles. The molecule has 5 heteroatoms. The number of nitrogens with two attached hydrogens (primary N) is 1. The van der Waals surface area contributed by atoms with E-state index in [0.29, 0.717) is 25.0 Å². The molecule has 1 aromatic rings. The van der Waals surface area contributed by atoms with Gasteiger partial charge in [-0.2, -0.15) is 0 Å². The normalized spacial score (nSPS) is 9.95. The number of hydrogen-bond donors (Lipinski definition) is 2. The van der Waals surface area contributed by atoms with E-state index in [1.165, 1.54) is 0 Å². The van der Waals surface area contributed by atoms with E-state index >= 15 is 0 Å². The number of carbonyl (C=O) groups excluding carboxylic acids is 2. The first kappa shape index (κ1) is 16.8. The molecule has 0 unspecified atom stereocenters. The standard InChI is InChI=1S/C16H22N2O3/c1-12(2)16(20)21-10-4-7-15(19)18-9-8-13-5-3-6-14(17)11-13/h3,5-6,11H,1,4,7-10,17H2,2H3,(H,18,19). The van der Waals surface area contributed by atoms with Crippen molar-refractivity contribution in [2.45, 2.75) is 26.2 Å². The summed E-state index contributed by atoms with van der Waals surface area (Å²) >= 11 is 0. The Labute approximate surface area is 125 Å². The van der Waals surface area contributed by atoms with Crippen LogP contribution in [0.4, 0.5) is 5.69 Å². The number of nitrogens with one attached hydrogen (secondary N) is 1. The quantitative estimate of drug-likeness (QED) is 0.331. The molecule has 0 bridgehead atoms. The molecule has 0 spiro atoms. The SMILES string of the molecule is C=C(C)C(=O)OCCCC(=O)NCCc1cccc(N)c1. The number of esters is 1. The topological polar surface area (TPSA) is 81.4 Å². The van der Waals surface area contributed by atoms with Gasteiger partial charge in [0.2, 0.25) is 5.91 Å². The Hall–Kier alpha value is -2.30. The fourth-order valence-corrected chi connectivity index (χ4v) is 1.70. The van der Waals surface area contributed by atoms with Gasteiger partial charge in [0, 0.05) is 24.2 Å². The van der Waals surface area contributed by atoms with Crippen molar-refractivity contribution in [1.29, 1.82) is 0 Å². The molecule has 114 valence electrons. The highest BCUT2D eigenvalue weighted by Gasteiger charge is 2.05. The van der Waals surface area contributed by atoms with E-state index in [1.807, 2.05) is 24.3 Å². The van der Waals surface area contributed by atoms with Gasteiger partial charge in [-0.25, -0.2) is 4.79 Å². The maximum Gasteiger partial charge on any atom is 0.333 e. The molecule has 1 aromatic carbocycles. The number of rotatable bonds is 8. The number of anilines is 1. The predicted octanol–water partition coefficient (Wildman–Crippen LogP) is 1.83. The van der Waals surface area contributed by atoms with Crippen molar-refractivity contribution in [3.63, 3.8) is 0 Å². The van der Waals surface area contributed by atoms with Crippen LogP contribution in [0.3, 0.4) is 0 Å². The van der Waals surface area contributed by atoms with Gasteiger partial charge in [0.15, 0.2) is 0 Å². The number of nitrogen functional groups attached to an aromatic ring is 1. The summed E-state index contributed by atoms with van der Waals surface area (Å²) in [5.74, 6) is -0.470. The molecule has 0 heterocycles. The van der Waals surface area contributed by atoms with Crippen LogP contribution in [0.1, 0.15) is 25.3 Å². The maximum atomic E-state index is 11.6. The minimum Gasteiger partial charge on any atom is -0.462 e. The highest BCUT2D eigenvalue weighted by Crippen LogP contribution is 2.06. The summed E-state index contributed by atoms with van der Waals surface area (Å²) in [5, 5.41) is 2.82. The molecule has 0 atom stereocenters. The number of ether oxygens (including phenoxy) is 1. The van der Waals surface area contributed by atoms with E-state index < -0.39 is 5.97 Å². The zero-order valence-electron chi connectivity index (χ0n) is 12.4. The van der Waals surface area contributed by atoms with Crippen molar-refractivity contribution in [2.24, 2.45) is 0 Å². The molecule has 0 saturated heterocycles. The molecule has 0 aromatic heterocycles. The maximum absolute atomic E-state index is 11.6. The molecular weight excluding hydrogens is 268 g/mol. The van der Waals surface area contributed by atoms with Gasteiger partial charge in [0.05, 0.1) is 6.61 Å². The van der Waals surface area contributed by atoms with Crippen LogP contribution in [-0.2, 0) is 20.7 Å². The van der Waals surface area contributed by atoms with Gasteiger partial charge >= 0.3 is 5.97 Å². The first-order chi connectivity index (χ1) is 9.99. The highest BCUT2D eigenvalue weighted by atomic mass is 16.5. The molecule has 0 fully saturated rings. The van der Waals surface area contributed by atoms with E-state index in [4.69, 9.17) is 10.5 Å². The van der Waals surface area contributed by atoms with Crippen LogP contribution in [0, 0.1) is 0 Å².